The van der Waals surface area contributed by atoms with Crippen molar-refractivity contribution in [3.8, 4) is 0 Å². The van der Waals surface area contributed by atoms with Gasteiger partial charge in [0.25, 0.3) is 0 Å². The van der Waals surface area contributed by atoms with E-state index in [9.17, 15) is 8.78 Å². The fraction of sp³-hybridized carbons (Fsp3) is 0.231. The fourth-order valence-corrected chi connectivity index (χ4v) is 25.4. The normalized spacial score (nSPS) is 10.7. The molecule has 590 valence electrons. The van der Waals surface area contributed by atoms with Crippen LogP contribution in [0.2, 0.25) is 0 Å². The SMILES string of the molecule is C=Ic1ccc(C)cc1.C=Ic1ccc(CO)cc1.C=Ic1ccc(F)cc1.C=Ic1ccccc1.CI(C)c1ccc(CO)cc1.CI(C)c1ccc(F)cc1.CI(C)c1cccc(Br)c1.CI(C)c1ccccc1.Cc1cc(C)cc(I(C)C)c1.Cc1ccc(I(C)C)cc1.Cc1ccc(I(C)C)cc1. The zero-order chi connectivity index (χ0) is 80.2. The molecular formula is C91H116BrF2I11O2. The van der Waals surface area contributed by atoms with Gasteiger partial charge < -0.3 is 5.11 Å². The number of aliphatic hydroxyl groups is 2. The average molecular weight is 2760 g/mol. The van der Waals surface area contributed by atoms with Crippen LogP contribution in [-0.4, -0.2) is 97.3 Å². The van der Waals surface area contributed by atoms with Gasteiger partial charge in [-0.2, -0.15) is 0 Å². The first-order chi connectivity index (χ1) is 50.9. The van der Waals surface area contributed by atoms with Crippen LogP contribution in [0, 0.1) is 85.5 Å². The van der Waals surface area contributed by atoms with Gasteiger partial charge in [-0.3, -0.25) is 0 Å². The molecule has 0 saturated carbocycles. The minimum absolute atomic E-state index is 0.0404. The molecule has 0 spiro atoms. The Kier molecular flexibility index (Phi) is 61.8. The molecule has 0 radical (unpaired) electrons. The van der Waals surface area contributed by atoms with Crippen molar-refractivity contribution >= 4 is 256 Å². The van der Waals surface area contributed by atoms with E-state index in [0.29, 0.717) is 0 Å². The van der Waals surface area contributed by atoms with Crippen LogP contribution in [0.4, 0.5) is 8.78 Å². The Bertz CT molecular complexity index is 3940. The van der Waals surface area contributed by atoms with Crippen molar-refractivity contribution in [2.45, 2.75) is 47.8 Å². The summed E-state index contributed by atoms with van der Waals surface area (Å²) in [6.07, 6.45) is 0. The fourth-order valence-electron chi connectivity index (χ4n) is 7.92. The summed E-state index contributed by atoms with van der Waals surface area (Å²) in [6.45, 7) is 11.0. The molecule has 0 bridgehead atoms. The van der Waals surface area contributed by atoms with Crippen LogP contribution in [0.1, 0.15) is 38.9 Å². The second kappa shape index (κ2) is 63.4. The van der Waals surface area contributed by atoms with Crippen molar-refractivity contribution in [3.63, 3.8) is 0 Å². The molecule has 0 heterocycles. The number of rotatable bonds is 13. The molecule has 0 aliphatic rings. The molecule has 0 atom stereocenters. The minimum atomic E-state index is -0.870. The van der Waals surface area contributed by atoms with Gasteiger partial charge in [-0.25, -0.2) is 4.39 Å². The maximum atomic E-state index is 12.4. The van der Waals surface area contributed by atoms with E-state index in [1.165, 1.54) is 78.0 Å². The number of alkyl halides is 14. The van der Waals surface area contributed by atoms with Gasteiger partial charge in [0.2, 0.25) is 0 Å². The second-order valence-corrected chi connectivity index (χ2v) is 71.9. The topological polar surface area (TPSA) is 40.5 Å². The van der Waals surface area contributed by atoms with Crippen LogP contribution in [-0.2, 0) is 13.2 Å². The van der Waals surface area contributed by atoms with Crippen molar-refractivity contribution in [1.82, 2.24) is 0 Å². The molecule has 0 fully saturated rings. The summed E-state index contributed by atoms with van der Waals surface area (Å²) in [7, 11) is 0. The summed E-state index contributed by atoms with van der Waals surface area (Å²) in [6, 6.07) is 92.8. The molecule has 0 amide bonds. The van der Waals surface area contributed by atoms with Crippen LogP contribution in [0.25, 0.3) is 0 Å². The van der Waals surface area contributed by atoms with Gasteiger partial charge in [0.05, 0.1) is 6.61 Å². The van der Waals surface area contributed by atoms with Crippen molar-refractivity contribution < 1.29 is 19.0 Å². The van der Waals surface area contributed by atoms with E-state index in [2.05, 4.69) is 320 Å². The van der Waals surface area contributed by atoms with Crippen LogP contribution < -0.4 is 0 Å². The third-order valence-corrected chi connectivity index (χ3v) is 43.2. The molecule has 107 heavy (non-hydrogen) atoms. The summed E-state index contributed by atoms with van der Waals surface area (Å²) in [5.41, 5.74) is 8.85. The van der Waals surface area contributed by atoms with E-state index in [4.69, 9.17) is 10.2 Å². The number of aliphatic hydroxyl groups excluding tert-OH is 2. The second-order valence-electron chi connectivity index (χ2n) is 24.0. The van der Waals surface area contributed by atoms with E-state index in [0.717, 1.165) is 11.1 Å². The Morgan fingerprint density at radius 1 is 0.262 bits per heavy atom. The van der Waals surface area contributed by atoms with Gasteiger partial charge in [-0.15, -0.1) is 0 Å². The van der Waals surface area contributed by atoms with Crippen molar-refractivity contribution in [2.24, 2.45) is 0 Å². The summed E-state index contributed by atoms with van der Waals surface area (Å²) < 4.78 is 57.2. The maximum absolute atomic E-state index is 12.4. The molecular weight excluding hydrogens is 2640 g/mol. The Morgan fingerprint density at radius 2 is 0.505 bits per heavy atom. The zero-order valence-corrected chi connectivity index (χ0v) is 91.2. The van der Waals surface area contributed by atoms with E-state index in [1.54, 1.807) is 30.0 Å². The van der Waals surface area contributed by atoms with E-state index >= 15 is 0 Å². The molecule has 16 heteroatoms. The molecule has 11 aromatic rings. The molecule has 0 aliphatic heterocycles. The first kappa shape index (κ1) is 104. The number of benzene rings is 11. The van der Waals surface area contributed by atoms with Crippen LogP contribution >= 0.6 is 238 Å². The average Bonchev–Trinajstić information content (AvgIpc) is 0.889. The molecule has 11 aromatic carbocycles. The van der Waals surface area contributed by atoms with Gasteiger partial charge >= 0.3 is 500 Å². The Labute approximate surface area is 746 Å². The molecule has 0 saturated heterocycles. The summed E-state index contributed by atoms with van der Waals surface area (Å²) in [4.78, 5) is 32.8. The summed E-state index contributed by atoms with van der Waals surface area (Å²) in [5.74, 6) is -0.308. The van der Waals surface area contributed by atoms with Crippen LogP contribution in [0.5, 0.6) is 0 Å². The summed E-state index contributed by atoms with van der Waals surface area (Å²) >= 11 is -1.84. The summed E-state index contributed by atoms with van der Waals surface area (Å²) in [5, 5.41) is 17.5. The number of hydrogen-bond donors (Lipinski definition) is 2. The molecule has 0 aromatic heterocycles. The first-order valence-corrected chi connectivity index (χ1v) is 81.9. The van der Waals surface area contributed by atoms with Crippen molar-refractivity contribution in [1.29, 1.82) is 0 Å². The van der Waals surface area contributed by atoms with E-state index < -0.39 is 139 Å². The van der Waals surface area contributed by atoms with Crippen LogP contribution in [0.15, 0.2) is 277 Å². The standard InChI is InChI=1S/C10H15I.C9H13IO.2C9H13I.C8H10BrI.C8H10FI.C8H9IO.C8H9I.C8H11I.C7H6FI.C7H7I/c1-8-5-9(2)7-10(6-8)11(3)4;1-10(2)9-5-3-8(7-11)4-6-9;2*1-8-4-6-9(7-5-8)10(2)3;1-10(2)8-5-3-4-7(9)6-8;1-10(2)8-5-3-7(9)4-6-8;1-9-8-4-2-7(6-10)3-5-8;1-7-3-5-8(9-2)6-4-7;1-9(2)8-6-4-3-5-7-8;1-9-7-4-2-6(8)3-5-7;1-8-7-5-3-2-4-6-7/h5-7H,1-4H3;3-6,11H,7H2,1-2H3;2*4-7H,1-3H3;2*3-6H,1-2H3;2-5,10H,1,6H2;3-6H,2H2,1H3;3-7H,1-2H3;2-5H,1H2;2-6H,1H2. The molecule has 0 aliphatic carbocycles. The van der Waals surface area contributed by atoms with Gasteiger partial charge in [-0.1, -0.05) is 149 Å². The van der Waals surface area contributed by atoms with Gasteiger partial charge in [0.1, 0.15) is 5.82 Å². The molecule has 11 rings (SSSR count). The van der Waals surface area contributed by atoms with Crippen molar-refractivity contribution in [2.75, 3.05) is 69.0 Å². The number of hydrogen-bond acceptors (Lipinski definition) is 2. The Morgan fingerprint density at radius 3 is 0.785 bits per heavy atom. The van der Waals surface area contributed by atoms with Gasteiger partial charge in [0, 0.05) is 14.3 Å². The zero-order valence-electron chi connectivity index (χ0n) is 65.9. The van der Waals surface area contributed by atoms with Crippen molar-refractivity contribution in [3.05, 3.63) is 367 Å². The third-order valence-electron chi connectivity index (χ3n) is 13.9. The van der Waals surface area contributed by atoms with E-state index in [1.807, 2.05) is 54.6 Å². The third kappa shape index (κ3) is 51.7. The Hall–Kier alpha value is -0.810. The van der Waals surface area contributed by atoms with Crippen LogP contribution in [0.3, 0.4) is 0 Å². The molecule has 2 nitrogen and oxygen atoms in total. The number of halogens is 14. The van der Waals surface area contributed by atoms with Gasteiger partial charge in [0.15, 0.2) is 0 Å². The predicted molar refractivity (Wildman–Crippen MR) is 585 cm³/mol. The van der Waals surface area contributed by atoms with Gasteiger partial charge in [-0.05, 0) is 73.2 Å². The van der Waals surface area contributed by atoms with E-state index in [-0.39, 0.29) is 108 Å². The molecule has 0 unspecified atom stereocenters. The molecule has 2 N–H and O–H groups in total. The quantitative estimate of drug-likeness (QED) is 0.0892. The first-order valence-electron chi connectivity index (χ1n) is 33.0. The number of aryl methyl sites for hydroxylation is 5. The Balaban J connectivity index is 0.000000589. The monoisotopic (exact) mass is 2750 g/mol. The predicted octanol–water partition coefficient (Wildman–Crippen LogP) is 29.0.